The van der Waals surface area contributed by atoms with E-state index in [4.69, 9.17) is 31.9 Å². The highest BCUT2D eigenvalue weighted by Crippen LogP contribution is 2.78. The van der Waals surface area contributed by atoms with Crippen molar-refractivity contribution in [3.05, 3.63) is 22.7 Å². The molecule has 0 bridgehead atoms. The van der Waals surface area contributed by atoms with E-state index in [1.165, 1.54) is 12.3 Å². The number of hydrogen-bond donors (Lipinski definition) is 6. The van der Waals surface area contributed by atoms with Gasteiger partial charge in [0, 0.05) is 12.6 Å². The lowest BCUT2D eigenvalue weighted by atomic mass is 10.2. The van der Waals surface area contributed by atoms with Crippen LogP contribution in [0.1, 0.15) is 12.6 Å². The molecule has 0 saturated carbocycles. The molecule has 0 aromatic carbocycles. The van der Waals surface area contributed by atoms with Gasteiger partial charge in [-0.2, -0.15) is 9.37 Å². The average molecular weight is 518 g/mol. The zero-order valence-corrected chi connectivity index (χ0v) is 17.9. The molecule has 20 heteroatoms. The summed E-state index contributed by atoms with van der Waals surface area (Å²) in [6.45, 7) is -0.972. The van der Waals surface area contributed by atoms with E-state index in [0.29, 0.717) is 0 Å². The van der Waals surface area contributed by atoms with E-state index < -0.39 is 58.4 Å². The maximum Gasteiger partial charge on any atom is 0.479 e. The van der Waals surface area contributed by atoms with Crippen LogP contribution >= 0.6 is 34.6 Å². The maximum absolute atomic E-state index is 13.8. The topological polar surface area (TPSA) is 241 Å². The number of nitrogen functional groups attached to an aromatic ring is 1. The normalized spacial score (nSPS) is 28.4. The fourth-order valence-corrected chi connectivity index (χ4v) is 6.18. The molecule has 0 radical (unpaired) electrons. The summed E-state index contributed by atoms with van der Waals surface area (Å²) < 4.78 is 57.6. The number of aliphatic hydroxyl groups excluding tert-OH is 1. The predicted octanol–water partition coefficient (Wildman–Crippen LogP) is -0.210. The molecule has 1 aliphatic rings. The lowest BCUT2D eigenvalue weighted by molar-refractivity contribution is -0.0448. The first kappa shape index (κ1) is 25.5. The number of nitrogens with two attached hydrogens (primary N) is 1. The second-order valence-corrected chi connectivity index (χ2v) is 12.5. The molecule has 0 spiro atoms. The minimum absolute atomic E-state index is 0.0694. The number of nitrogens with zero attached hydrogens (tertiary/aromatic N) is 2. The number of aromatic nitrogens is 2. The van der Waals surface area contributed by atoms with Crippen LogP contribution in [0.25, 0.3) is 0 Å². The summed E-state index contributed by atoms with van der Waals surface area (Å²) in [5, 5.41) is 9.97. The minimum Gasteiger partial charge on any atom is -0.390 e. The number of phosphoric acid groups is 1. The minimum atomic E-state index is -6.26. The summed E-state index contributed by atoms with van der Waals surface area (Å²) in [6, 6.07) is 1.27. The first-order valence-corrected chi connectivity index (χ1v) is 12.7. The van der Waals surface area contributed by atoms with Crippen molar-refractivity contribution in [2.75, 3.05) is 12.3 Å². The third-order valence-corrected chi connectivity index (χ3v) is 10.1. The largest absolute Gasteiger partial charge is 0.479 e. The first-order valence-electron chi connectivity index (χ1n) is 7.60. The Labute approximate surface area is 171 Å². The van der Waals surface area contributed by atoms with Crippen molar-refractivity contribution in [1.82, 2.24) is 9.55 Å². The van der Waals surface area contributed by atoms with E-state index in [-0.39, 0.29) is 12.2 Å². The van der Waals surface area contributed by atoms with Gasteiger partial charge < -0.3 is 35.2 Å². The van der Waals surface area contributed by atoms with Crippen LogP contribution in [0.4, 0.5) is 10.2 Å². The van der Waals surface area contributed by atoms with Gasteiger partial charge in [0.15, 0.2) is 0 Å². The van der Waals surface area contributed by atoms with Gasteiger partial charge in [0.1, 0.15) is 18.1 Å². The Morgan fingerprint density at radius 3 is 2.50 bits per heavy atom. The lowest BCUT2D eigenvalue weighted by Gasteiger charge is -2.25. The summed E-state index contributed by atoms with van der Waals surface area (Å²) in [4.78, 5) is 51.4. The van der Waals surface area contributed by atoms with Gasteiger partial charge in [-0.25, -0.2) is 13.7 Å². The van der Waals surface area contributed by atoms with Crippen LogP contribution in [0.3, 0.4) is 0 Å². The molecule has 2 heterocycles. The maximum atomic E-state index is 13.8. The van der Waals surface area contributed by atoms with Crippen LogP contribution in [0.15, 0.2) is 17.1 Å². The van der Waals surface area contributed by atoms with Gasteiger partial charge in [-0.3, -0.25) is 18.2 Å². The highest BCUT2D eigenvalue weighted by molar-refractivity contribution is 7.78. The van der Waals surface area contributed by atoms with Crippen molar-refractivity contribution < 1.29 is 56.3 Å². The molecule has 7 N–H and O–H groups in total. The fourth-order valence-electron chi connectivity index (χ4n) is 2.23. The average Bonchev–Trinajstić information content (AvgIpc) is 2.91. The Morgan fingerprint density at radius 2 is 1.97 bits per heavy atom. The number of phosphoric ester groups is 1. The van der Waals surface area contributed by atoms with E-state index >= 15 is 0 Å². The Morgan fingerprint density at radius 1 is 1.37 bits per heavy atom. The Balaban J connectivity index is 2.05. The molecule has 15 nitrogen and oxygen atoms in total. The molecule has 2 unspecified atom stereocenters. The second-order valence-electron chi connectivity index (χ2n) is 5.89. The molecule has 6 atom stereocenters. The van der Waals surface area contributed by atoms with Crippen molar-refractivity contribution in [3.8, 4) is 0 Å². The predicted molar refractivity (Wildman–Crippen MR) is 95.9 cm³/mol. The van der Waals surface area contributed by atoms with Crippen LogP contribution in [0.2, 0.25) is 0 Å². The molecule has 1 saturated heterocycles. The summed E-state index contributed by atoms with van der Waals surface area (Å²) in [5.41, 5.74) is 4.53. The number of hydrogen-bond acceptors (Lipinski definition) is 10. The molecule has 0 amide bonds. The molecule has 1 aromatic heterocycles. The SMILES string of the molecule is Nc1ccn([C@H]2C[C@H](O)[C@H](COP(=O)(O)OP(=O)(O)[C@@](F)(Cl)P(=O)(O)O)O2)c(=O)n1. The molecule has 0 aliphatic carbocycles. The molecular weight excluding hydrogens is 501 g/mol. The zero-order chi connectivity index (χ0) is 23.1. The first-order chi connectivity index (χ1) is 13.5. The van der Waals surface area contributed by atoms with Gasteiger partial charge in [-0.1, -0.05) is 11.6 Å². The molecule has 30 heavy (non-hydrogen) atoms. The fraction of sp³-hybridized carbons (Fsp3) is 0.600. The second kappa shape index (κ2) is 8.66. The van der Waals surface area contributed by atoms with E-state index in [9.17, 15) is 37.8 Å². The van der Waals surface area contributed by atoms with Crippen LogP contribution in [-0.2, 0) is 27.3 Å². The van der Waals surface area contributed by atoms with Crippen molar-refractivity contribution in [2.45, 2.75) is 29.5 Å². The monoisotopic (exact) mass is 517 g/mol. The number of ether oxygens (including phenoxy) is 1. The van der Waals surface area contributed by atoms with Gasteiger partial charge in [0.05, 0.1) is 12.7 Å². The molecular formula is C10H16ClFN3O12P3. The summed E-state index contributed by atoms with van der Waals surface area (Å²) in [7, 11) is -18.0. The summed E-state index contributed by atoms with van der Waals surface area (Å²) >= 11 is 4.71. The summed E-state index contributed by atoms with van der Waals surface area (Å²) in [6.07, 6.45) is -2.77. The Kier molecular flexibility index (Phi) is 7.37. The Hall–Kier alpha value is -0.730. The number of rotatable bonds is 8. The van der Waals surface area contributed by atoms with Crippen LogP contribution in [0, 0.1) is 0 Å². The van der Waals surface area contributed by atoms with Gasteiger partial charge in [0.25, 0.3) is 0 Å². The molecule has 1 aromatic rings. The number of halogens is 2. The van der Waals surface area contributed by atoms with Crippen molar-refractivity contribution in [2.24, 2.45) is 0 Å². The van der Waals surface area contributed by atoms with Crippen LogP contribution in [0.5, 0.6) is 0 Å². The zero-order valence-electron chi connectivity index (χ0n) is 14.5. The molecule has 1 aliphatic heterocycles. The van der Waals surface area contributed by atoms with E-state index in [0.717, 1.165) is 4.57 Å². The van der Waals surface area contributed by atoms with Gasteiger partial charge in [-0.15, -0.1) is 0 Å². The third-order valence-electron chi connectivity index (χ3n) is 3.67. The van der Waals surface area contributed by atoms with E-state index in [1.807, 2.05) is 0 Å². The molecule has 2 rings (SSSR count). The lowest BCUT2D eigenvalue weighted by Crippen LogP contribution is -2.28. The van der Waals surface area contributed by atoms with Crippen molar-refractivity contribution in [1.29, 1.82) is 0 Å². The third kappa shape index (κ3) is 5.54. The van der Waals surface area contributed by atoms with Crippen molar-refractivity contribution >= 4 is 40.4 Å². The molecule has 172 valence electrons. The van der Waals surface area contributed by atoms with Gasteiger partial charge >= 0.3 is 33.3 Å². The van der Waals surface area contributed by atoms with E-state index in [1.54, 1.807) is 0 Å². The van der Waals surface area contributed by atoms with Crippen LogP contribution in [-0.4, -0.2) is 57.7 Å². The quantitative estimate of drug-likeness (QED) is 0.193. The van der Waals surface area contributed by atoms with Gasteiger partial charge in [0.2, 0.25) is 0 Å². The highest BCUT2D eigenvalue weighted by Gasteiger charge is 2.64. The number of alkyl halides is 2. The Bertz CT molecular complexity index is 1000. The summed E-state index contributed by atoms with van der Waals surface area (Å²) in [5.74, 6) is -0.0694. The molecule has 1 fully saturated rings. The number of anilines is 1. The van der Waals surface area contributed by atoms with E-state index in [2.05, 4.69) is 13.8 Å². The standard InChI is InChI=1S/C10H16ClFN3O12P3/c11-10(12,28(18,19)20)29(21,22)27-30(23,24)25-4-6-5(16)3-8(26-6)15-2-1-7(13)14-9(15)17/h1-2,5-6,8,16H,3-4H2,(H,21,22)(H,23,24)(H2,13,14,17)(H2,18,19,20)/t5-,6-,8+,10+/m0/s1. The van der Waals surface area contributed by atoms with Crippen LogP contribution < -0.4 is 11.4 Å². The van der Waals surface area contributed by atoms with Crippen molar-refractivity contribution in [3.63, 3.8) is 0 Å². The highest BCUT2D eigenvalue weighted by atomic mass is 35.5. The smallest absolute Gasteiger partial charge is 0.390 e. The van der Waals surface area contributed by atoms with Gasteiger partial charge in [-0.05, 0) is 6.07 Å². The number of aliphatic hydroxyl groups is 1.